The van der Waals surface area contributed by atoms with Crippen molar-refractivity contribution in [3.8, 4) is 5.69 Å². The zero-order chi connectivity index (χ0) is 18.0. The van der Waals surface area contributed by atoms with E-state index in [0.29, 0.717) is 16.5 Å². The first-order valence-corrected chi connectivity index (χ1v) is 8.70. The molecule has 0 spiro atoms. The Morgan fingerprint density at radius 3 is 2.72 bits per heavy atom. The summed E-state index contributed by atoms with van der Waals surface area (Å²) in [6.07, 6.45) is 1.78. The summed E-state index contributed by atoms with van der Waals surface area (Å²) in [7, 11) is 0. The van der Waals surface area contributed by atoms with Crippen LogP contribution in [0.4, 0.5) is 13.2 Å². The molecule has 2 aromatic rings. The zero-order valence-corrected chi connectivity index (χ0v) is 15.1. The number of para-hydroxylation sites is 1. The van der Waals surface area contributed by atoms with Crippen molar-refractivity contribution in [1.82, 2.24) is 9.78 Å². The summed E-state index contributed by atoms with van der Waals surface area (Å²) in [5.41, 5.74) is -0.359. The van der Waals surface area contributed by atoms with Gasteiger partial charge in [-0.3, -0.25) is 0 Å². The molecule has 0 saturated heterocycles. The molecule has 1 unspecified atom stereocenters. The van der Waals surface area contributed by atoms with Gasteiger partial charge in [0.05, 0.1) is 16.4 Å². The molecule has 132 valence electrons. The summed E-state index contributed by atoms with van der Waals surface area (Å²) in [5, 5.41) is 3.98. The lowest BCUT2D eigenvalue weighted by atomic mass is 10.2. The van der Waals surface area contributed by atoms with Crippen LogP contribution < -0.4 is 0 Å². The highest BCUT2D eigenvalue weighted by Crippen LogP contribution is 2.31. The van der Waals surface area contributed by atoms with Crippen LogP contribution in [-0.4, -0.2) is 14.6 Å². The Labute approximate surface area is 155 Å². The Kier molecular flexibility index (Phi) is 5.24. The van der Waals surface area contributed by atoms with E-state index in [2.05, 4.69) is 21.0 Å². The first kappa shape index (κ1) is 18.1. The number of halogens is 5. The highest BCUT2D eigenvalue weighted by molar-refractivity contribution is 9.09. The molecule has 0 saturated carbocycles. The van der Waals surface area contributed by atoms with Crippen LogP contribution in [-0.2, 0) is 17.5 Å². The van der Waals surface area contributed by atoms with E-state index in [1.165, 1.54) is 4.68 Å². The topological polar surface area (TPSA) is 27.1 Å². The van der Waals surface area contributed by atoms with Gasteiger partial charge < -0.3 is 4.74 Å². The number of rotatable bonds is 4. The second-order valence-electron chi connectivity index (χ2n) is 5.39. The molecule has 0 fully saturated rings. The Morgan fingerprint density at radius 1 is 1.32 bits per heavy atom. The average Bonchev–Trinajstić information content (AvgIpc) is 2.99. The normalized spacial score (nSPS) is 17.5. The standard InChI is InChI=1S/C17H13BrClF3N2O/c18-11-5-7-13(8-6-11)25-10-12-9-16(17(20,21)22)23-24(12)15-4-2-1-3-14(15)19/h1-5,7-9,11H,6,10H2. The Morgan fingerprint density at radius 2 is 2.08 bits per heavy atom. The minimum Gasteiger partial charge on any atom is -0.488 e. The van der Waals surface area contributed by atoms with Crippen LogP contribution in [0.25, 0.3) is 5.69 Å². The van der Waals surface area contributed by atoms with Crippen molar-refractivity contribution in [2.45, 2.75) is 24.0 Å². The van der Waals surface area contributed by atoms with Gasteiger partial charge in [-0.25, -0.2) is 4.68 Å². The van der Waals surface area contributed by atoms with E-state index >= 15 is 0 Å². The molecule has 3 nitrogen and oxygen atoms in total. The van der Waals surface area contributed by atoms with Crippen LogP contribution in [0, 0.1) is 0 Å². The summed E-state index contributed by atoms with van der Waals surface area (Å²) < 4.78 is 46.0. The molecule has 1 atom stereocenters. The third-order valence-corrected chi connectivity index (χ3v) is 4.55. The van der Waals surface area contributed by atoms with Crippen LogP contribution in [0.1, 0.15) is 17.8 Å². The smallest absolute Gasteiger partial charge is 0.435 e. The number of nitrogens with zero attached hydrogens (tertiary/aromatic N) is 2. The predicted octanol–water partition coefficient (Wildman–Crippen LogP) is 5.67. The molecule has 1 aliphatic rings. The van der Waals surface area contributed by atoms with Crippen LogP contribution in [0.15, 0.2) is 54.3 Å². The first-order valence-electron chi connectivity index (χ1n) is 7.41. The summed E-state index contributed by atoms with van der Waals surface area (Å²) in [4.78, 5) is 0.241. The van der Waals surface area contributed by atoms with Gasteiger partial charge in [-0.2, -0.15) is 18.3 Å². The third-order valence-electron chi connectivity index (χ3n) is 3.55. The molecular weight excluding hydrogens is 421 g/mol. The monoisotopic (exact) mass is 432 g/mol. The number of alkyl halides is 4. The van der Waals surface area contributed by atoms with E-state index in [-0.39, 0.29) is 17.1 Å². The molecule has 0 N–H and O–H groups in total. The van der Waals surface area contributed by atoms with Gasteiger partial charge in [0.15, 0.2) is 5.69 Å². The van der Waals surface area contributed by atoms with Gasteiger partial charge in [-0.05, 0) is 36.8 Å². The van der Waals surface area contributed by atoms with Crippen molar-refractivity contribution in [2.75, 3.05) is 0 Å². The van der Waals surface area contributed by atoms with Gasteiger partial charge in [0.2, 0.25) is 0 Å². The van der Waals surface area contributed by atoms with Gasteiger partial charge in [0.25, 0.3) is 0 Å². The molecule has 1 heterocycles. The second kappa shape index (κ2) is 7.25. The lowest BCUT2D eigenvalue weighted by Crippen LogP contribution is -2.08. The largest absolute Gasteiger partial charge is 0.488 e. The van der Waals surface area contributed by atoms with Gasteiger partial charge in [-0.1, -0.05) is 45.7 Å². The van der Waals surface area contributed by atoms with Crippen LogP contribution in [0.3, 0.4) is 0 Å². The van der Waals surface area contributed by atoms with Crippen molar-refractivity contribution in [3.63, 3.8) is 0 Å². The fraction of sp³-hybridized carbons (Fsp3) is 0.235. The van der Waals surface area contributed by atoms with E-state index in [4.69, 9.17) is 16.3 Å². The highest BCUT2D eigenvalue weighted by atomic mass is 79.9. The molecule has 0 amide bonds. The molecule has 0 bridgehead atoms. The lowest BCUT2D eigenvalue weighted by Gasteiger charge is -2.13. The highest BCUT2D eigenvalue weighted by Gasteiger charge is 2.35. The minimum absolute atomic E-state index is 0.0581. The number of hydrogen-bond donors (Lipinski definition) is 0. The fourth-order valence-electron chi connectivity index (χ4n) is 2.33. The Hall–Kier alpha value is -1.73. The molecule has 0 radical (unpaired) electrons. The van der Waals surface area contributed by atoms with Crippen molar-refractivity contribution in [2.24, 2.45) is 0 Å². The Bertz CT molecular complexity index is 830. The zero-order valence-electron chi connectivity index (χ0n) is 12.8. The molecule has 8 heteroatoms. The van der Waals surface area contributed by atoms with Gasteiger partial charge >= 0.3 is 6.18 Å². The molecule has 0 aliphatic heterocycles. The quantitative estimate of drug-likeness (QED) is 0.581. The van der Waals surface area contributed by atoms with Gasteiger partial charge in [0.1, 0.15) is 12.4 Å². The maximum absolute atomic E-state index is 13.1. The summed E-state index contributed by atoms with van der Waals surface area (Å²) >= 11 is 9.55. The summed E-state index contributed by atoms with van der Waals surface area (Å²) in [5.74, 6) is 0.608. The molecule has 1 aromatic carbocycles. The second-order valence-corrected chi connectivity index (χ2v) is 6.97. The van der Waals surface area contributed by atoms with Gasteiger partial charge in [0, 0.05) is 4.83 Å². The van der Waals surface area contributed by atoms with E-state index in [1.807, 2.05) is 12.2 Å². The van der Waals surface area contributed by atoms with Crippen molar-refractivity contribution >= 4 is 27.5 Å². The lowest BCUT2D eigenvalue weighted by molar-refractivity contribution is -0.141. The van der Waals surface area contributed by atoms with E-state index in [0.717, 1.165) is 12.5 Å². The minimum atomic E-state index is -4.55. The molecular formula is C17H13BrClF3N2O. The molecule has 25 heavy (non-hydrogen) atoms. The predicted molar refractivity (Wildman–Crippen MR) is 92.9 cm³/mol. The molecule has 3 rings (SSSR count). The number of ether oxygens (including phenoxy) is 1. The van der Waals surface area contributed by atoms with Crippen LogP contribution in [0.2, 0.25) is 5.02 Å². The van der Waals surface area contributed by atoms with Crippen molar-refractivity contribution in [1.29, 1.82) is 0 Å². The maximum atomic E-state index is 13.1. The maximum Gasteiger partial charge on any atom is 0.435 e. The van der Waals surface area contributed by atoms with Crippen LogP contribution >= 0.6 is 27.5 Å². The SMILES string of the molecule is FC(F)(F)c1cc(COC2=CCC(Br)C=C2)n(-c2ccccc2Cl)n1. The van der Waals surface area contributed by atoms with Crippen LogP contribution in [0.5, 0.6) is 0 Å². The number of allylic oxidation sites excluding steroid dienone is 3. The number of benzene rings is 1. The number of aromatic nitrogens is 2. The molecule has 1 aromatic heterocycles. The summed E-state index contributed by atoms with van der Waals surface area (Å²) in [6, 6.07) is 7.56. The van der Waals surface area contributed by atoms with E-state index < -0.39 is 11.9 Å². The van der Waals surface area contributed by atoms with E-state index in [9.17, 15) is 13.2 Å². The number of hydrogen-bond acceptors (Lipinski definition) is 2. The fourth-order valence-corrected chi connectivity index (χ4v) is 2.89. The van der Waals surface area contributed by atoms with E-state index in [1.54, 1.807) is 30.3 Å². The average molecular weight is 434 g/mol. The first-order chi connectivity index (χ1) is 11.8. The van der Waals surface area contributed by atoms with Gasteiger partial charge in [-0.15, -0.1) is 0 Å². The van der Waals surface area contributed by atoms with Crippen molar-refractivity contribution < 1.29 is 17.9 Å². The van der Waals surface area contributed by atoms with Crippen molar-refractivity contribution in [3.05, 3.63) is 70.7 Å². The molecule has 1 aliphatic carbocycles. The summed E-state index contributed by atoms with van der Waals surface area (Å²) in [6.45, 7) is -0.0581. The Balaban J connectivity index is 1.91. The third kappa shape index (κ3) is 4.27.